The third kappa shape index (κ3) is 2.09. The fourth-order valence-corrected chi connectivity index (χ4v) is 2.14. The molecule has 19 heavy (non-hydrogen) atoms. The summed E-state index contributed by atoms with van der Waals surface area (Å²) in [6, 6.07) is -1.84. The quantitative estimate of drug-likeness (QED) is 0.690. The normalized spacial score (nSPS) is 22.5. The first-order valence-electron chi connectivity index (χ1n) is 6.29. The van der Waals surface area contributed by atoms with Crippen LogP contribution < -0.4 is 10.6 Å². The number of hydrogen-bond acceptors (Lipinski definition) is 4. The van der Waals surface area contributed by atoms with Crippen LogP contribution in [0.25, 0.3) is 0 Å². The van der Waals surface area contributed by atoms with E-state index in [-0.39, 0.29) is 6.04 Å². The number of carbonyl (C=O) groups is 4. The number of urea groups is 1. The van der Waals surface area contributed by atoms with E-state index in [9.17, 15) is 19.2 Å². The van der Waals surface area contributed by atoms with Gasteiger partial charge in [-0.15, -0.1) is 0 Å². The van der Waals surface area contributed by atoms with Gasteiger partial charge in [-0.1, -0.05) is 0 Å². The molecule has 0 aromatic heterocycles. The zero-order valence-electron chi connectivity index (χ0n) is 11.1. The predicted molar refractivity (Wildman–Crippen MR) is 64.8 cm³/mol. The molecular formula is C12H17N3O4. The number of nitrogens with one attached hydrogen (secondary N) is 2. The van der Waals surface area contributed by atoms with E-state index in [0.29, 0.717) is 12.8 Å². The van der Waals surface area contributed by atoms with Crippen LogP contribution in [0, 0.1) is 5.41 Å². The highest BCUT2D eigenvalue weighted by Gasteiger charge is 2.63. The molecule has 5 amide bonds. The van der Waals surface area contributed by atoms with Gasteiger partial charge in [-0.2, -0.15) is 0 Å². The topological polar surface area (TPSA) is 95.6 Å². The van der Waals surface area contributed by atoms with Gasteiger partial charge >= 0.3 is 6.03 Å². The molecule has 2 aliphatic rings. The third-order valence-electron chi connectivity index (χ3n) is 3.45. The van der Waals surface area contributed by atoms with Gasteiger partial charge in [0.2, 0.25) is 17.7 Å². The van der Waals surface area contributed by atoms with E-state index in [2.05, 4.69) is 10.6 Å². The molecule has 7 nitrogen and oxygen atoms in total. The highest BCUT2D eigenvalue weighted by molar-refractivity contribution is 6.21. The standard InChI is InChI=1S/C12H17N3O4/c1-6(2)13-8(16)7(3)15-10(18)12(4-5-12)9(17)14-11(15)19/h6-7H,4-5H2,1-3H3,(H,13,16)(H,14,17,19). The lowest BCUT2D eigenvalue weighted by Gasteiger charge is -2.33. The number of carbonyl (C=O) groups excluding carboxylic acids is 4. The van der Waals surface area contributed by atoms with Crippen LogP contribution in [0.1, 0.15) is 33.6 Å². The molecule has 0 aromatic rings. The van der Waals surface area contributed by atoms with Crippen LogP contribution >= 0.6 is 0 Å². The molecule has 2 rings (SSSR count). The van der Waals surface area contributed by atoms with Crippen LogP contribution in [0.2, 0.25) is 0 Å². The van der Waals surface area contributed by atoms with Crippen molar-refractivity contribution in [1.29, 1.82) is 0 Å². The fraction of sp³-hybridized carbons (Fsp3) is 0.667. The Hall–Kier alpha value is -1.92. The number of barbiturate groups is 1. The first-order valence-corrected chi connectivity index (χ1v) is 6.29. The molecule has 1 saturated heterocycles. The molecular weight excluding hydrogens is 250 g/mol. The monoisotopic (exact) mass is 267 g/mol. The minimum Gasteiger partial charge on any atom is -0.352 e. The largest absolute Gasteiger partial charge is 0.352 e. The average Bonchev–Trinajstić information content (AvgIpc) is 3.07. The lowest BCUT2D eigenvalue weighted by Crippen LogP contribution is -2.64. The first-order chi connectivity index (χ1) is 8.79. The van der Waals surface area contributed by atoms with E-state index in [4.69, 9.17) is 0 Å². The molecule has 1 unspecified atom stereocenters. The van der Waals surface area contributed by atoms with Crippen LogP contribution in [0.3, 0.4) is 0 Å². The predicted octanol–water partition coefficient (Wildman–Crippen LogP) is -0.242. The van der Waals surface area contributed by atoms with E-state index < -0.39 is 35.2 Å². The lowest BCUT2D eigenvalue weighted by molar-refractivity contribution is -0.148. The van der Waals surface area contributed by atoms with Gasteiger partial charge in [0.1, 0.15) is 11.5 Å². The van der Waals surface area contributed by atoms with Crippen LogP contribution in [-0.4, -0.2) is 40.7 Å². The van der Waals surface area contributed by atoms with Crippen LogP contribution in [0.15, 0.2) is 0 Å². The summed E-state index contributed by atoms with van der Waals surface area (Å²) in [6.07, 6.45) is 0.861. The second-order valence-electron chi connectivity index (χ2n) is 5.36. The van der Waals surface area contributed by atoms with Crippen molar-refractivity contribution in [2.45, 2.75) is 45.7 Å². The Morgan fingerprint density at radius 2 is 1.84 bits per heavy atom. The first kappa shape index (κ1) is 13.5. The molecule has 104 valence electrons. The minimum atomic E-state index is -1.11. The fourth-order valence-electron chi connectivity index (χ4n) is 2.14. The summed E-state index contributed by atoms with van der Waals surface area (Å²) in [4.78, 5) is 48.4. The van der Waals surface area contributed by atoms with Crippen molar-refractivity contribution in [1.82, 2.24) is 15.5 Å². The smallest absolute Gasteiger partial charge is 0.331 e. The van der Waals surface area contributed by atoms with Gasteiger partial charge in [-0.3, -0.25) is 24.6 Å². The number of amides is 5. The Balaban J connectivity index is 2.19. The number of imide groups is 2. The van der Waals surface area contributed by atoms with Crippen LogP contribution in [0.4, 0.5) is 4.79 Å². The molecule has 0 radical (unpaired) electrons. The average molecular weight is 267 g/mol. The third-order valence-corrected chi connectivity index (χ3v) is 3.45. The number of hydrogen-bond donors (Lipinski definition) is 2. The van der Waals surface area contributed by atoms with Crippen molar-refractivity contribution < 1.29 is 19.2 Å². The van der Waals surface area contributed by atoms with Crippen LogP contribution in [0.5, 0.6) is 0 Å². The Kier molecular flexibility index (Phi) is 3.07. The zero-order chi connectivity index (χ0) is 14.4. The Bertz CT molecular complexity index is 468. The Morgan fingerprint density at radius 1 is 1.26 bits per heavy atom. The maximum absolute atomic E-state index is 12.2. The molecule has 2 N–H and O–H groups in total. The van der Waals surface area contributed by atoms with Gasteiger partial charge in [-0.05, 0) is 33.6 Å². The second kappa shape index (κ2) is 4.32. The van der Waals surface area contributed by atoms with Gasteiger partial charge in [0.05, 0.1) is 0 Å². The van der Waals surface area contributed by atoms with Crippen molar-refractivity contribution in [3.63, 3.8) is 0 Å². The molecule has 0 bridgehead atoms. The maximum atomic E-state index is 12.2. The Labute approximate surface area is 110 Å². The summed E-state index contributed by atoms with van der Waals surface area (Å²) < 4.78 is 0. The van der Waals surface area contributed by atoms with E-state index in [1.54, 1.807) is 13.8 Å². The molecule has 1 heterocycles. The molecule has 7 heteroatoms. The lowest BCUT2D eigenvalue weighted by atomic mass is 10.0. The summed E-state index contributed by atoms with van der Waals surface area (Å²) in [5.74, 6) is -1.52. The molecule has 1 spiro atoms. The van der Waals surface area contributed by atoms with Crippen molar-refractivity contribution >= 4 is 23.8 Å². The molecule has 1 aliphatic carbocycles. The van der Waals surface area contributed by atoms with Crippen LogP contribution in [-0.2, 0) is 14.4 Å². The van der Waals surface area contributed by atoms with Gasteiger partial charge < -0.3 is 5.32 Å². The summed E-state index contributed by atoms with van der Waals surface area (Å²) in [6.45, 7) is 5.05. The number of rotatable bonds is 3. The molecule has 1 aliphatic heterocycles. The van der Waals surface area contributed by atoms with E-state index in [1.165, 1.54) is 6.92 Å². The molecule has 1 saturated carbocycles. The summed E-state index contributed by atoms with van der Waals surface area (Å²) in [5, 5.41) is 4.79. The van der Waals surface area contributed by atoms with Crippen molar-refractivity contribution in [2.75, 3.05) is 0 Å². The molecule has 1 atom stereocenters. The van der Waals surface area contributed by atoms with Gasteiger partial charge in [0.15, 0.2) is 0 Å². The molecule has 2 fully saturated rings. The van der Waals surface area contributed by atoms with Gasteiger partial charge in [0, 0.05) is 6.04 Å². The maximum Gasteiger partial charge on any atom is 0.331 e. The van der Waals surface area contributed by atoms with Crippen molar-refractivity contribution in [2.24, 2.45) is 5.41 Å². The highest BCUT2D eigenvalue weighted by Crippen LogP contribution is 2.49. The van der Waals surface area contributed by atoms with Crippen molar-refractivity contribution in [3.05, 3.63) is 0 Å². The van der Waals surface area contributed by atoms with Crippen molar-refractivity contribution in [3.8, 4) is 0 Å². The molecule has 0 aromatic carbocycles. The summed E-state index contributed by atoms with van der Waals surface area (Å²) in [7, 11) is 0. The summed E-state index contributed by atoms with van der Waals surface area (Å²) in [5.41, 5.74) is -1.11. The SMILES string of the molecule is CC(C)NC(=O)C(C)N1C(=O)NC(=O)C2(CC2)C1=O. The highest BCUT2D eigenvalue weighted by atomic mass is 16.2. The van der Waals surface area contributed by atoms with Gasteiger partial charge in [-0.25, -0.2) is 4.79 Å². The minimum absolute atomic E-state index is 0.0885. The van der Waals surface area contributed by atoms with Gasteiger partial charge in [0.25, 0.3) is 0 Å². The van der Waals surface area contributed by atoms with E-state index >= 15 is 0 Å². The second-order valence-corrected chi connectivity index (χ2v) is 5.36. The number of nitrogens with zero attached hydrogens (tertiary/aromatic N) is 1. The Morgan fingerprint density at radius 3 is 2.32 bits per heavy atom. The summed E-state index contributed by atoms with van der Waals surface area (Å²) >= 11 is 0. The zero-order valence-corrected chi connectivity index (χ0v) is 11.1. The van der Waals surface area contributed by atoms with E-state index in [1.807, 2.05) is 0 Å². The van der Waals surface area contributed by atoms with E-state index in [0.717, 1.165) is 4.90 Å².